The summed E-state index contributed by atoms with van der Waals surface area (Å²) in [5.74, 6) is -0.140. The van der Waals surface area contributed by atoms with Gasteiger partial charge in [0.05, 0.1) is 5.60 Å². The summed E-state index contributed by atoms with van der Waals surface area (Å²) in [6.07, 6.45) is 5.04. The number of ether oxygens (including phenoxy) is 1. The van der Waals surface area contributed by atoms with Crippen molar-refractivity contribution in [2.45, 2.75) is 45.6 Å². The van der Waals surface area contributed by atoms with E-state index in [0.717, 1.165) is 19.3 Å². The highest BCUT2D eigenvalue weighted by Crippen LogP contribution is 2.32. The number of rotatable bonds is 3. The highest BCUT2D eigenvalue weighted by atomic mass is 16.5. The highest BCUT2D eigenvalue weighted by Gasteiger charge is 2.33. The number of allylic oxidation sites excluding steroid dienone is 2. The van der Waals surface area contributed by atoms with Crippen LogP contribution in [0.2, 0.25) is 0 Å². The Balaban J connectivity index is 2.50. The third-order valence-corrected chi connectivity index (χ3v) is 3.09. The van der Waals surface area contributed by atoms with Gasteiger partial charge in [-0.1, -0.05) is 11.6 Å². The number of hydrogen-bond acceptors (Lipinski definition) is 3. The van der Waals surface area contributed by atoms with E-state index in [0.29, 0.717) is 0 Å². The molecule has 0 spiro atoms. The van der Waals surface area contributed by atoms with Gasteiger partial charge in [-0.15, -0.1) is 0 Å². The summed E-state index contributed by atoms with van der Waals surface area (Å²) in [5, 5.41) is 10.2. The summed E-state index contributed by atoms with van der Waals surface area (Å²) in [7, 11) is 0. The van der Waals surface area contributed by atoms with Crippen molar-refractivity contribution in [1.29, 1.82) is 0 Å². The summed E-state index contributed by atoms with van der Waals surface area (Å²) in [5.41, 5.74) is 0.484. The van der Waals surface area contributed by atoms with Crippen molar-refractivity contribution in [1.82, 2.24) is 0 Å². The van der Waals surface area contributed by atoms with Crippen LogP contribution in [-0.2, 0) is 9.53 Å². The first-order valence-corrected chi connectivity index (χ1v) is 5.43. The highest BCUT2D eigenvalue weighted by molar-refractivity contribution is 5.65. The molecule has 0 radical (unpaired) electrons. The van der Waals surface area contributed by atoms with E-state index in [-0.39, 0.29) is 18.5 Å². The Labute approximate surface area is 91.1 Å². The lowest BCUT2D eigenvalue weighted by Crippen LogP contribution is -2.40. The number of hydrogen-bond donors (Lipinski definition) is 1. The fourth-order valence-corrected chi connectivity index (χ4v) is 1.90. The van der Waals surface area contributed by atoms with Crippen molar-refractivity contribution < 1.29 is 14.6 Å². The molecule has 3 heteroatoms. The predicted octanol–water partition coefficient (Wildman–Crippen LogP) is 2.05. The van der Waals surface area contributed by atoms with Gasteiger partial charge in [0.1, 0.15) is 6.61 Å². The Morgan fingerprint density at radius 1 is 1.73 bits per heavy atom. The maximum Gasteiger partial charge on any atom is 0.302 e. The molecule has 1 unspecified atom stereocenters. The van der Waals surface area contributed by atoms with Crippen LogP contribution >= 0.6 is 0 Å². The maximum atomic E-state index is 10.7. The largest absolute Gasteiger partial charge is 0.463 e. The standard InChI is InChI=1S/C12H20O3/c1-9-4-6-11(7-5-9)12(3,14)8-15-10(2)13/h4,11,14H,5-8H2,1-3H3/t11?,12-/m1/s1. The second-order valence-corrected chi connectivity index (χ2v) is 4.66. The van der Waals surface area contributed by atoms with E-state index in [2.05, 4.69) is 13.0 Å². The van der Waals surface area contributed by atoms with E-state index in [9.17, 15) is 9.90 Å². The van der Waals surface area contributed by atoms with Gasteiger partial charge in [0, 0.05) is 6.92 Å². The molecular formula is C12H20O3. The summed E-state index contributed by atoms with van der Waals surface area (Å²) in [6.45, 7) is 5.31. The molecule has 2 atom stereocenters. The van der Waals surface area contributed by atoms with Gasteiger partial charge in [-0.3, -0.25) is 4.79 Å². The second kappa shape index (κ2) is 4.79. The van der Waals surface area contributed by atoms with E-state index < -0.39 is 5.60 Å². The van der Waals surface area contributed by atoms with Crippen molar-refractivity contribution >= 4 is 5.97 Å². The molecule has 0 aromatic carbocycles. The molecule has 0 amide bonds. The summed E-state index contributed by atoms with van der Waals surface area (Å²) >= 11 is 0. The summed E-state index contributed by atoms with van der Waals surface area (Å²) in [4.78, 5) is 10.7. The van der Waals surface area contributed by atoms with Crippen LogP contribution in [0.5, 0.6) is 0 Å². The molecule has 1 aliphatic carbocycles. The van der Waals surface area contributed by atoms with E-state index in [4.69, 9.17) is 4.74 Å². The Kier molecular flexibility index (Phi) is 3.91. The molecule has 15 heavy (non-hydrogen) atoms. The Morgan fingerprint density at radius 2 is 2.40 bits per heavy atom. The van der Waals surface area contributed by atoms with Gasteiger partial charge in [0.2, 0.25) is 0 Å². The molecule has 0 saturated heterocycles. The van der Waals surface area contributed by atoms with Crippen molar-refractivity contribution in [3.63, 3.8) is 0 Å². The molecule has 0 fully saturated rings. The lowest BCUT2D eigenvalue weighted by molar-refractivity contribution is -0.151. The minimum absolute atomic E-state index is 0.0971. The molecule has 1 rings (SSSR count). The lowest BCUT2D eigenvalue weighted by atomic mass is 9.79. The maximum absolute atomic E-state index is 10.7. The van der Waals surface area contributed by atoms with E-state index in [1.54, 1.807) is 6.92 Å². The molecule has 0 aromatic rings. The first-order chi connectivity index (χ1) is 6.92. The van der Waals surface area contributed by atoms with Crippen molar-refractivity contribution in [2.24, 2.45) is 5.92 Å². The van der Waals surface area contributed by atoms with Gasteiger partial charge in [-0.05, 0) is 39.0 Å². The van der Waals surface area contributed by atoms with Gasteiger partial charge in [0.15, 0.2) is 0 Å². The first-order valence-electron chi connectivity index (χ1n) is 5.43. The van der Waals surface area contributed by atoms with Crippen LogP contribution < -0.4 is 0 Å². The van der Waals surface area contributed by atoms with Crippen LogP contribution in [0.25, 0.3) is 0 Å². The molecule has 0 saturated carbocycles. The number of aliphatic hydroxyl groups is 1. The molecule has 3 nitrogen and oxygen atoms in total. The predicted molar refractivity (Wildman–Crippen MR) is 58.4 cm³/mol. The molecule has 1 N–H and O–H groups in total. The zero-order valence-corrected chi connectivity index (χ0v) is 9.75. The molecule has 0 heterocycles. The molecule has 0 aromatic heterocycles. The molecule has 0 bridgehead atoms. The van der Waals surface area contributed by atoms with Gasteiger partial charge in [-0.2, -0.15) is 0 Å². The fourth-order valence-electron chi connectivity index (χ4n) is 1.90. The van der Waals surface area contributed by atoms with Crippen LogP contribution in [0, 0.1) is 5.92 Å². The van der Waals surface area contributed by atoms with Gasteiger partial charge in [-0.25, -0.2) is 0 Å². The fraction of sp³-hybridized carbons (Fsp3) is 0.750. The third-order valence-electron chi connectivity index (χ3n) is 3.09. The average molecular weight is 212 g/mol. The van der Waals surface area contributed by atoms with Crippen LogP contribution in [-0.4, -0.2) is 23.3 Å². The van der Waals surface area contributed by atoms with Gasteiger partial charge >= 0.3 is 5.97 Å². The van der Waals surface area contributed by atoms with Crippen LogP contribution in [0.3, 0.4) is 0 Å². The van der Waals surface area contributed by atoms with Crippen molar-refractivity contribution in [3.05, 3.63) is 11.6 Å². The SMILES string of the molecule is CC(=O)OC[C@@](C)(O)C1CC=C(C)CC1. The van der Waals surface area contributed by atoms with Crippen molar-refractivity contribution in [3.8, 4) is 0 Å². The average Bonchev–Trinajstić information content (AvgIpc) is 2.16. The second-order valence-electron chi connectivity index (χ2n) is 4.66. The zero-order valence-electron chi connectivity index (χ0n) is 9.75. The smallest absolute Gasteiger partial charge is 0.302 e. The topological polar surface area (TPSA) is 46.5 Å². The zero-order chi connectivity index (χ0) is 11.5. The molecule has 86 valence electrons. The van der Waals surface area contributed by atoms with Crippen LogP contribution in [0.15, 0.2) is 11.6 Å². The third kappa shape index (κ3) is 3.67. The number of carbonyl (C=O) groups is 1. The monoisotopic (exact) mass is 212 g/mol. The molecule has 1 aliphatic rings. The molecular weight excluding hydrogens is 192 g/mol. The van der Waals surface area contributed by atoms with E-state index >= 15 is 0 Å². The van der Waals surface area contributed by atoms with Crippen LogP contribution in [0.1, 0.15) is 40.0 Å². The Bertz CT molecular complexity index is 266. The van der Waals surface area contributed by atoms with Gasteiger partial charge in [0.25, 0.3) is 0 Å². The Morgan fingerprint density at radius 3 is 2.87 bits per heavy atom. The minimum Gasteiger partial charge on any atom is -0.463 e. The Hall–Kier alpha value is -0.830. The van der Waals surface area contributed by atoms with E-state index in [1.165, 1.54) is 12.5 Å². The summed E-state index contributed by atoms with van der Waals surface area (Å²) < 4.78 is 4.88. The minimum atomic E-state index is -0.900. The first kappa shape index (κ1) is 12.2. The summed E-state index contributed by atoms with van der Waals surface area (Å²) in [6, 6.07) is 0. The molecule has 0 aliphatic heterocycles. The normalized spacial score (nSPS) is 25.3. The van der Waals surface area contributed by atoms with Gasteiger partial charge < -0.3 is 9.84 Å². The number of esters is 1. The number of carbonyl (C=O) groups excluding carboxylic acids is 1. The van der Waals surface area contributed by atoms with E-state index in [1.807, 2.05) is 0 Å². The quantitative estimate of drug-likeness (QED) is 0.575. The lowest BCUT2D eigenvalue weighted by Gasteiger charge is -2.34. The van der Waals surface area contributed by atoms with Crippen molar-refractivity contribution in [2.75, 3.05) is 6.61 Å². The van der Waals surface area contributed by atoms with Crippen LogP contribution in [0.4, 0.5) is 0 Å².